The maximum absolute atomic E-state index is 11.8. The highest BCUT2D eigenvalue weighted by molar-refractivity contribution is 7.98. The molecule has 19 heavy (non-hydrogen) atoms. The van der Waals surface area contributed by atoms with Gasteiger partial charge < -0.3 is 10.6 Å². The number of amides is 2. The van der Waals surface area contributed by atoms with E-state index in [2.05, 4.69) is 27.5 Å². The van der Waals surface area contributed by atoms with Crippen molar-refractivity contribution in [3.05, 3.63) is 18.2 Å². The van der Waals surface area contributed by atoms with Gasteiger partial charge in [-0.2, -0.15) is 11.8 Å². The molecule has 0 radical (unpaired) electrons. The van der Waals surface area contributed by atoms with Crippen molar-refractivity contribution in [3.8, 4) is 0 Å². The number of carbonyl (C=O) groups is 1. The van der Waals surface area contributed by atoms with Crippen molar-refractivity contribution in [3.63, 3.8) is 0 Å². The summed E-state index contributed by atoms with van der Waals surface area (Å²) in [6, 6.07) is 0.00493. The number of anilines is 1. The molecule has 1 aliphatic rings. The van der Waals surface area contributed by atoms with E-state index >= 15 is 0 Å². The first-order chi connectivity index (χ1) is 9.22. The van der Waals surface area contributed by atoms with Crippen molar-refractivity contribution in [1.29, 1.82) is 0 Å². The molecule has 6 heteroatoms. The monoisotopic (exact) mass is 280 g/mol. The molecule has 0 aliphatic heterocycles. The lowest BCUT2D eigenvalue weighted by Gasteiger charge is -2.16. The summed E-state index contributed by atoms with van der Waals surface area (Å²) in [7, 11) is 0. The Morgan fingerprint density at radius 1 is 1.47 bits per heavy atom. The third-order valence-electron chi connectivity index (χ3n) is 3.07. The lowest BCUT2D eigenvalue weighted by Crippen LogP contribution is -2.39. The Bertz CT molecular complexity index is 419. The molecule has 1 saturated carbocycles. The number of hydrogen-bond acceptors (Lipinski definition) is 4. The van der Waals surface area contributed by atoms with Gasteiger partial charge in [-0.05, 0) is 25.5 Å². The van der Waals surface area contributed by atoms with E-state index in [1.165, 1.54) is 12.8 Å². The molecule has 5 nitrogen and oxygen atoms in total. The Morgan fingerprint density at radius 3 is 2.68 bits per heavy atom. The fourth-order valence-electron chi connectivity index (χ4n) is 1.77. The predicted molar refractivity (Wildman–Crippen MR) is 78.6 cm³/mol. The number of nitrogens with one attached hydrogen (secondary N) is 2. The summed E-state index contributed by atoms with van der Waals surface area (Å²) in [4.78, 5) is 20.3. The van der Waals surface area contributed by atoms with E-state index in [1.807, 2.05) is 6.26 Å². The Labute approximate surface area is 118 Å². The van der Waals surface area contributed by atoms with Gasteiger partial charge in [-0.25, -0.2) is 14.8 Å². The highest BCUT2D eigenvalue weighted by Crippen LogP contribution is 2.37. The molecule has 0 unspecified atom stereocenters. The van der Waals surface area contributed by atoms with E-state index in [0.717, 1.165) is 18.0 Å². The van der Waals surface area contributed by atoms with Gasteiger partial charge in [0.05, 0.1) is 18.1 Å². The first-order valence-electron chi connectivity index (χ1n) is 6.61. The third-order valence-corrected chi connectivity index (χ3v) is 3.80. The molecule has 1 aliphatic carbocycles. The fourth-order valence-corrected chi connectivity index (χ4v) is 2.49. The summed E-state index contributed by atoms with van der Waals surface area (Å²) < 4.78 is 0. The molecule has 1 heterocycles. The van der Waals surface area contributed by atoms with Crippen molar-refractivity contribution in [2.45, 2.75) is 38.1 Å². The minimum absolute atomic E-state index is 0.191. The van der Waals surface area contributed by atoms with Crippen LogP contribution in [0.4, 0.5) is 10.5 Å². The van der Waals surface area contributed by atoms with Gasteiger partial charge in [0.2, 0.25) is 0 Å². The van der Waals surface area contributed by atoms with Crippen molar-refractivity contribution in [2.75, 3.05) is 17.3 Å². The molecule has 2 N–H and O–H groups in total. The van der Waals surface area contributed by atoms with Crippen molar-refractivity contribution in [1.82, 2.24) is 15.3 Å². The van der Waals surface area contributed by atoms with E-state index in [1.54, 1.807) is 24.2 Å². The molecule has 0 spiro atoms. The zero-order chi connectivity index (χ0) is 13.7. The Kier molecular flexibility index (Phi) is 5.01. The molecule has 1 atom stereocenters. The quantitative estimate of drug-likeness (QED) is 0.840. The predicted octanol–water partition coefficient (Wildman–Crippen LogP) is 2.62. The molecule has 0 aromatic carbocycles. The number of nitrogens with zero attached hydrogens (tertiary/aromatic N) is 2. The third kappa shape index (κ3) is 4.38. The van der Waals surface area contributed by atoms with Crippen LogP contribution in [-0.2, 0) is 0 Å². The second-order valence-electron chi connectivity index (χ2n) is 4.76. The first-order valence-corrected chi connectivity index (χ1v) is 8.00. The van der Waals surface area contributed by atoms with Crippen LogP contribution in [0.3, 0.4) is 0 Å². The van der Waals surface area contributed by atoms with Crippen molar-refractivity contribution < 1.29 is 4.79 Å². The lowest BCUT2D eigenvalue weighted by atomic mass is 10.3. The summed E-state index contributed by atoms with van der Waals surface area (Å²) >= 11 is 1.73. The summed E-state index contributed by atoms with van der Waals surface area (Å²) in [6.45, 7) is 2.06. The summed E-state index contributed by atoms with van der Waals surface area (Å²) in [5.41, 5.74) is 0.640. The topological polar surface area (TPSA) is 66.9 Å². The average Bonchev–Trinajstić information content (AvgIpc) is 3.23. The highest BCUT2D eigenvalue weighted by atomic mass is 32.2. The van der Waals surface area contributed by atoms with E-state index in [-0.39, 0.29) is 12.1 Å². The number of aromatic nitrogens is 2. The van der Waals surface area contributed by atoms with Gasteiger partial charge in [0, 0.05) is 17.7 Å². The summed E-state index contributed by atoms with van der Waals surface area (Å²) in [6.07, 6.45) is 8.67. The average molecular weight is 280 g/mol. The highest BCUT2D eigenvalue weighted by Gasteiger charge is 2.26. The number of carbonyl (C=O) groups excluding carboxylic acids is 1. The molecular weight excluding hydrogens is 260 g/mol. The standard InChI is InChI=1S/C13H20N4OS/c1-3-10(8-19-2)16-13(18)17-11-6-14-12(15-7-11)9-4-5-9/h6-7,9-10H,3-5,8H2,1-2H3,(H2,16,17,18)/t10-/m1/s1. The smallest absolute Gasteiger partial charge is 0.319 e. The van der Waals surface area contributed by atoms with Crippen LogP contribution in [0.25, 0.3) is 0 Å². The molecule has 2 rings (SSSR count). The van der Waals surface area contributed by atoms with Gasteiger partial charge >= 0.3 is 6.03 Å². The number of thioether (sulfide) groups is 1. The number of rotatable bonds is 6. The molecule has 2 amide bonds. The molecule has 0 bridgehead atoms. The van der Waals surface area contributed by atoms with Crippen LogP contribution in [0.5, 0.6) is 0 Å². The minimum atomic E-state index is -0.191. The van der Waals surface area contributed by atoms with Gasteiger partial charge in [0.15, 0.2) is 0 Å². The molecule has 1 aromatic heterocycles. The summed E-state index contributed by atoms with van der Waals surface area (Å²) in [5, 5.41) is 5.71. The minimum Gasteiger partial charge on any atom is -0.334 e. The Morgan fingerprint density at radius 2 is 2.16 bits per heavy atom. The first kappa shape index (κ1) is 14.1. The fraction of sp³-hybridized carbons (Fsp3) is 0.615. The SMILES string of the molecule is CC[C@H](CSC)NC(=O)Nc1cnc(C2CC2)nc1. The van der Waals surface area contributed by atoms with Gasteiger partial charge in [0.1, 0.15) is 5.82 Å². The van der Waals surface area contributed by atoms with Crippen molar-refractivity contribution >= 4 is 23.5 Å². The number of urea groups is 1. The van der Waals surface area contributed by atoms with Crippen molar-refractivity contribution in [2.24, 2.45) is 0 Å². The van der Waals surface area contributed by atoms with Crippen LogP contribution in [0.1, 0.15) is 37.9 Å². The van der Waals surface area contributed by atoms with Gasteiger partial charge in [0.25, 0.3) is 0 Å². The van der Waals surface area contributed by atoms with Crippen LogP contribution < -0.4 is 10.6 Å². The zero-order valence-electron chi connectivity index (χ0n) is 11.3. The number of hydrogen-bond donors (Lipinski definition) is 2. The molecular formula is C13H20N4OS. The van der Waals surface area contributed by atoms with Crippen LogP contribution in [0, 0.1) is 0 Å². The van der Waals surface area contributed by atoms with Gasteiger partial charge in [-0.15, -0.1) is 0 Å². The largest absolute Gasteiger partial charge is 0.334 e. The molecule has 104 valence electrons. The van der Waals surface area contributed by atoms with E-state index in [0.29, 0.717) is 11.6 Å². The van der Waals surface area contributed by atoms with Crippen LogP contribution in [-0.4, -0.2) is 34.0 Å². The van der Waals surface area contributed by atoms with Crippen LogP contribution >= 0.6 is 11.8 Å². The maximum atomic E-state index is 11.8. The molecule has 1 fully saturated rings. The van der Waals surface area contributed by atoms with E-state index in [9.17, 15) is 4.79 Å². The zero-order valence-corrected chi connectivity index (χ0v) is 12.2. The van der Waals surface area contributed by atoms with Crippen LogP contribution in [0.15, 0.2) is 12.4 Å². The Hall–Kier alpha value is -1.30. The van der Waals surface area contributed by atoms with E-state index in [4.69, 9.17) is 0 Å². The lowest BCUT2D eigenvalue weighted by molar-refractivity contribution is 0.249. The summed E-state index contributed by atoms with van der Waals surface area (Å²) in [5.74, 6) is 2.34. The van der Waals surface area contributed by atoms with Crippen LogP contribution in [0.2, 0.25) is 0 Å². The Balaban J connectivity index is 1.83. The molecule has 0 saturated heterocycles. The normalized spacial score (nSPS) is 15.9. The van der Waals surface area contributed by atoms with Gasteiger partial charge in [-0.3, -0.25) is 0 Å². The maximum Gasteiger partial charge on any atom is 0.319 e. The second-order valence-corrected chi connectivity index (χ2v) is 5.67. The molecule has 1 aromatic rings. The van der Waals surface area contributed by atoms with E-state index < -0.39 is 0 Å². The van der Waals surface area contributed by atoms with Gasteiger partial charge in [-0.1, -0.05) is 6.92 Å². The second kappa shape index (κ2) is 6.75.